The van der Waals surface area contributed by atoms with E-state index < -0.39 is 29.3 Å². The maximum absolute atomic E-state index is 14.5. The SMILES string of the molecule is FC(F)(F)CCC12CC3C[C@@](F)(C1)C[C@](F)(C3)C2. The summed E-state index contributed by atoms with van der Waals surface area (Å²) in [6, 6.07) is 0. The number of alkyl halides is 5. The van der Waals surface area contributed by atoms with Gasteiger partial charge in [-0.15, -0.1) is 0 Å². The van der Waals surface area contributed by atoms with E-state index in [0.717, 1.165) is 0 Å². The molecule has 0 amide bonds. The molecule has 4 aliphatic rings. The zero-order valence-corrected chi connectivity index (χ0v) is 10.1. The van der Waals surface area contributed by atoms with Crippen molar-refractivity contribution in [2.75, 3.05) is 0 Å². The molecule has 0 aromatic carbocycles. The summed E-state index contributed by atoms with van der Waals surface area (Å²) in [6.07, 6.45) is -3.77. The van der Waals surface area contributed by atoms with E-state index >= 15 is 0 Å². The Hall–Kier alpha value is -0.350. The van der Waals surface area contributed by atoms with E-state index in [9.17, 15) is 22.0 Å². The molecule has 0 saturated heterocycles. The van der Waals surface area contributed by atoms with E-state index in [0.29, 0.717) is 19.3 Å². The lowest BCUT2D eigenvalue weighted by atomic mass is 9.46. The summed E-state index contributed by atoms with van der Waals surface area (Å²) in [6.45, 7) is 0. The van der Waals surface area contributed by atoms with Gasteiger partial charge in [-0.3, -0.25) is 0 Å². The summed E-state index contributed by atoms with van der Waals surface area (Å²) in [5.41, 5.74) is -3.82. The van der Waals surface area contributed by atoms with Crippen LogP contribution in [0.3, 0.4) is 0 Å². The maximum atomic E-state index is 14.5. The molecule has 104 valence electrons. The Balaban J connectivity index is 1.81. The summed E-state index contributed by atoms with van der Waals surface area (Å²) in [5, 5.41) is 0. The molecule has 4 bridgehead atoms. The van der Waals surface area contributed by atoms with E-state index in [1.54, 1.807) is 0 Å². The van der Waals surface area contributed by atoms with Gasteiger partial charge in [0.15, 0.2) is 0 Å². The van der Waals surface area contributed by atoms with E-state index in [2.05, 4.69) is 0 Å². The average Bonchev–Trinajstić information content (AvgIpc) is 2.07. The fourth-order valence-corrected chi connectivity index (χ4v) is 5.08. The summed E-state index contributed by atoms with van der Waals surface area (Å²) in [5.74, 6) is -0.0514. The third-order valence-corrected chi connectivity index (χ3v) is 4.99. The lowest BCUT2D eigenvalue weighted by Crippen LogP contribution is -2.60. The van der Waals surface area contributed by atoms with Crippen molar-refractivity contribution in [2.24, 2.45) is 11.3 Å². The fourth-order valence-electron chi connectivity index (χ4n) is 5.08. The molecule has 0 N–H and O–H groups in total. The van der Waals surface area contributed by atoms with E-state index in [-0.39, 0.29) is 31.6 Å². The van der Waals surface area contributed by atoms with E-state index in [4.69, 9.17) is 0 Å². The maximum Gasteiger partial charge on any atom is 0.389 e. The lowest BCUT2D eigenvalue weighted by Gasteiger charge is -2.61. The Morgan fingerprint density at radius 2 is 1.44 bits per heavy atom. The van der Waals surface area contributed by atoms with Gasteiger partial charge in [0.1, 0.15) is 11.3 Å². The van der Waals surface area contributed by atoms with Crippen molar-refractivity contribution in [1.82, 2.24) is 0 Å². The van der Waals surface area contributed by atoms with Crippen molar-refractivity contribution in [3.05, 3.63) is 0 Å². The average molecular weight is 268 g/mol. The summed E-state index contributed by atoms with van der Waals surface area (Å²) >= 11 is 0. The van der Waals surface area contributed by atoms with Crippen LogP contribution in [0.25, 0.3) is 0 Å². The van der Waals surface area contributed by atoms with Gasteiger partial charge in [-0.2, -0.15) is 13.2 Å². The highest BCUT2D eigenvalue weighted by molar-refractivity contribution is 5.14. The molecular formula is C13H17F5. The molecule has 5 heteroatoms. The molecule has 0 aromatic heterocycles. The molecule has 4 saturated carbocycles. The third kappa shape index (κ3) is 2.14. The number of rotatable bonds is 2. The van der Waals surface area contributed by atoms with Gasteiger partial charge in [0, 0.05) is 12.8 Å². The van der Waals surface area contributed by atoms with Crippen LogP contribution >= 0.6 is 0 Å². The summed E-state index contributed by atoms with van der Waals surface area (Å²) < 4.78 is 66.0. The molecule has 0 aromatic rings. The molecular weight excluding hydrogens is 251 g/mol. The predicted octanol–water partition coefficient (Wildman–Crippen LogP) is 4.73. The van der Waals surface area contributed by atoms with Crippen LogP contribution in [-0.2, 0) is 0 Å². The van der Waals surface area contributed by atoms with Crippen LogP contribution < -0.4 is 0 Å². The zero-order valence-electron chi connectivity index (χ0n) is 10.1. The van der Waals surface area contributed by atoms with Crippen LogP contribution in [0.15, 0.2) is 0 Å². The normalized spacial score (nSPS) is 50.8. The van der Waals surface area contributed by atoms with Gasteiger partial charge in [0.05, 0.1) is 0 Å². The number of hydrogen-bond acceptors (Lipinski definition) is 0. The van der Waals surface area contributed by atoms with Gasteiger partial charge >= 0.3 is 6.18 Å². The Morgan fingerprint density at radius 3 is 1.89 bits per heavy atom. The van der Waals surface area contributed by atoms with Gasteiger partial charge < -0.3 is 0 Å². The highest BCUT2D eigenvalue weighted by atomic mass is 19.4. The molecule has 18 heavy (non-hydrogen) atoms. The third-order valence-electron chi connectivity index (χ3n) is 4.99. The van der Waals surface area contributed by atoms with Crippen molar-refractivity contribution in [1.29, 1.82) is 0 Å². The summed E-state index contributed by atoms with van der Waals surface area (Å²) in [7, 11) is 0. The lowest BCUT2D eigenvalue weighted by molar-refractivity contribution is -0.193. The van der Waals surface area contributed by atoms with E-state index in [1.165, 1.54) is 0 Å². The van der Waals surface area contributed by atoms with Gasteiger partial charge in [-0.1, -0.05) is 0 Å². The molecule has 2 unspecified atom stereocenters. The van der Waals surface area contributed by atoms with Crippen LogP contribution in [0.2, 0.25) is 0 Å². The molecule has 4 atom stereocenters. The second-order valence-electron chi connectivity index (χ2n) is 6.93. The molecule has 0 radical (unpaired) electrons. The minimum Gasteiger partial charge on any atom is -0.244 e. The topological polar surface area (TPSA) is 0 Å². The number of halogens is 5. The first-order chi connectivity index (χ1) is 8.11. The van der Waals surface area contributed by atoms with Crippen LogP contribution in [-0.4, -0.2) is 17.5 Å². The summed E-state index contributed by atoms with van der Waals surface area (Å²) in [4.78, 5) is 0. The Bertz CT molecular complexity index is 343. The highest BCUT2D eigenvalue weighted by Crippen LogP contribution is 2.67. The smallest absolute Gasteiger partial charge is 0.244 e. The molecule has 4 aliphatic carbocycles. The number of hydrogen-bond donors (Lipinski definition) is 0. The van der Waals surface area contributed by atoms with Crippen LogP contribution in [0.1, 0.15) is 51.4 Å². The molecule has 4 fully saturated rings. The molecule has 4 rings (SSSR count). The minimum absolute atomic E-state index is 0.0514. The van der Waals surface area contributed by atoms with Gasteiger partial charge in [0.2, 0.25) is 0 Å². The van der Waals surface area contributed by atoms with E-state index in [1.807, 2.05) is 0 Å². The predicted molar refractivity (Wildman–Crippen MR) is 56.6 cm³/mol. The monoisotopic (exact) mass is 268 g/mol. The van der Waals surface area contributed by atoms with Crippen molar-refractivity contribution in [3.8, 4) is 0 Å². The highest BCUT2D eigenvalue weighted by Gasteiger charge is 2.64. The molecule has 0 heterocycles. The van der Waals surface area contributed by atoms with Crippen molar-refractivity contribution in [2.45, 2.75) is 68.9 Å². The molecule has 0 spiro atoms. The Morgan fingerprint density at radius 1 is 0.889 bits per heavy atom. The van der Waals surface area contributed by atoms with Crippen LogP contribution in [0.5, 0.6) is 0 Å². The van der Waals surface area contributed by atoms with Crippen LogP contribution in [0.4, 0.5) is 22.0 Å². The first-order valence-corrected chi connectivity index (χ1v) is 6.56. The van der Waals surface area contributed by atoms with Crippen molar-refractivity contribution < 1.29 is 22.0 Å². The Kier molecular flexibility index (Phi) is 2.39. The molecule has 0 nitrogen and oxygen atoms in total. The quantitative estimate of drug-likeness (QED) is 0.635. The fraction of sp³-hybridized carbons (Fsp3) is 1.00. The second kappa shape index (κ2) is 3.40. The van der Waals surface area contributed by atoms with Crippen molar-refractivity contribution in [3.63, 3.8) is 0 Å². The zero-order chi connectivity index (χ0) is 13.2. The molecule has 0 aliphatic heterocycles. The first-order valence-electron chi connectivity index (χ1n) is 6.56. The standard InChI is InChI=1S/C13H17F5/c14-11-4-9-3-10(6-11,1-2-13(16,17)18)7-12(15,5-9)8-11/h9H,1-8H2/t9?,10?,11-,12+. The minimum atomic E-state index is -4.23. The first kappa shape index (κ1) is 12.7. The largest absolute Gasteiger partial charge is 0.389 e. The van der Waals surface area contributed by atoms with Gasteiger partial charge in [0.25, 0.3) is 0 Å². The van der Waals surface area contributed by atoms with Gasteiger partial charge in [-0.05, 0) is 49.9 Å². The Labute approximate surface area is 103 Å². The van der Waals surface area contributed by atoms with Crippen molar-refractivity contribution >= 4 is 0 Å². The van der Waals surface area contributed by atoms with Gasteiger partial charge in [-0.25, -0.2) is 8.78 Å². The second-order valence-corrected chi connectivity index (χ2v) is 6.93. The van der Waals surface area contributed by atoms with Crippen LogP contribution in [0, 0.1) is 11.3 Å².